The van der Waals surface area contributed by atoms with Crippen LogP contribution in [0.5, 0.6) is 5.75 Å². The van der Waals surface area contributed by atoms with Gasteiger partial charge in [-0.25, -0.2) is 0 Å². The van der Waals surface area contributed by atoms with E-state index in [2.05, 4.69) is 4.74 Å². The van der Waals surface area contributed by atoms with Crippen LogP contribution in [0.1, 0.15) is 42.9 Å². The third kappa shape index (κ3) is 4.30. The van der Waals surface area contributed by atoms with E-state index < -0.39 is 17.7 Å². The molecule has 142 valence electrons. The molecule has 0 spiro atoms. The fourth-order valence-electron chi connectivity index (χ4n) is 2.69. The Balaban J connectivity index is 2.50. The lowest BCUT2D eigenvalue weighted by molar-refractivity contribution is -0.140. The molecule has 1 aliphatic heterocycles. The largest absolute Gasteiger partial charge is 0.508 e. The Morgan fingerprint density at radius 1 is 1.35 bits per heavy atom. The van der Waals surface area contributed by atoms with Crippen LogP contribution in [-0.2, 0) is 20.4 Å². The molecule has 8 heteroatoms. The zero-order chi connectivity index (χ0) is 19.5. The van der Waals surface area contributed by atoms with E-state index in [-0.39, 0.29) is 41.5 Å². The molecular formula is C18H20F3NO4. The van der Waals surface area contributed by atoms with Crippen molar-refractivity contribution < 1.29 is 32.5 Å². The quantitative estimate of drug-likeness (QED) is 0.786. The Morgan fingerprint density at radius 3 is 2.62 bits per heavy atom. The van der Waals surface area contributed by atoms with Crippen LogP contribution >= 0.6 is 0 Å². The molecule has 2 rings (SSSR count). The van der Waals surface area contributed by atoms with Crippen LogP contribution < -0.4 is 0 Å². The first-order valence-electron chi connectivity index (χ1n) is 7.96. The second-order valence-electron chi connectivity index (χ2n) is 6.03. The lowest BCUT2D eigenvalue weighted by atomic mass is 9.90. The topological polar surface area (TPSA) is 59.0 Å². The molecule has 1 heterocycles. The lowest BCUT2D eigenvalue weighted by Gasteiger charge is -2.26. The number of nitrogens with zero attached hydrogens (tertiary/aromatic N) is 1. The normalized spacial score (nSPS) is 14.3. The zero-order valence-corrected chi connectivity index (χ0v) is 14.6. The van der Waals surface area contributed by atoms with Gasteiger partial charge in [0.1, 0.15) is 12.0 Å². The highest BCUT2D eigenvalue weighted by molar-refractivity contribution is 5.71. The van der Waals surface area contributed by atoms with Crippen molar-refractivity contribution in [3.63, 3.8) is 0 Å². The average molecular weight is 371 g/mol. The molecule has 0 unspecified atom stereocenters. The van der Waals surface area contributed by atoms with Gasteiger partial charge in [-0.15, -0.1) is 0 Å². The maximum Gasteiger partial charge on any atom is 0.417 e. The molecule has 0 aromatic heterocycles. The van der Waals surface area contributed by atoms with Gasteiger partial charge in [0, 0.05) is 30.1 Å². The summed E-state index contributed by atoms with van der Waals surface area (Å²) in [6, 6.07) is 1.87. The molecule has 0 radical (unpaired) electrons. The van der Waals surface area contributed by atoms with Gasteiger partial charge in [-0.3, -0.25) is 4.79 Å². The number of carbonyl (C=O) groups is 1. The number of methoxy groups -OCH3 is 1. The van der Waals surface area contributed by atoms with Crippen LogP contribution in [0.4, 0.5) is 13.2 Å². The number of phenols is 1. The molecule has 0 bridgehead atoms. The van der Waals surface area contributed by atoms with Crippen LogP contribution in [0.15, 0.2) is 30.8 Å². The summed E-state index contributed by atoms with van der Waals surface area (Å²) in [6.45, 7) is 3.59. The summed E-state index contributed by atoms with van der Waals surface area (Å²) in [5.74, 6) is -1.09. The third-order valence-corrected chi connectivity index (χ3v) is 3.88. The molecule has 5 nitrogen and oxygen atoms in total. The second kappa shape index (κ2) is 7.72. The number of carbonyl (C=O) groups excluding carboxylic acids is 1. The van der Waals surface area contributed by atoms with Crippen molar-refractivity contribution in [3.8, 4) is 5.75 Å². The Morgan fingerprint density at radius 2 is 2.04 bits per heavy atom. The second-order valence-corrected chi connectivity index (χ2v) is 6.03. The van der Waals surface area contributed by atoms with Gasteiger partial charge in [0.25, 0.3) is 0 Å². The van der Waals surface area contributed by atoms with Crippen molar-refractivity contribution in [3.05, 3.63) is 47.5 Å². The Labute approximate surface area is 149 Å². The van der Waals surface area contributed by atoms with Crippen molar-refractivity contribution in [1.29, 1.82) is 0 Å². The first-order valence-corrected chi connectivity index (χ1v) is 7.96. The molecule has 0 fully saturated rings. The van der Waals surface area contributed by atoms with Gasteiger partial charge in [0.05, 0.1) is 19.1 Å². The highest BCUT2D eigenvalue weighted by Crippen LogP contribution is 2.43. The lowest BCUT2D eigenvalue weighted by Crippen LogP contribution is -2.20. The summed E-state index contributed by atoms with van der Waals surface area (Å²) in [7, 11) is 1.26. The highest BCUT2D eigenvalue weighted by Gasteiger charge is 2.37. The number of esters is 1. The van der Waals surface area contributed by atoms with Crippen LogP contribution in [0.25, 0.3) is 5.76 Å². The van der Waals surface area contributed by atoms with Crippen LogP contribution in [0.2, 0.25) is 0 Å². The molecule has 1 N–H and O–H groups in total. The summed E-state index contributed by atoms with van der Waals surface area (Å²) >= 11 is 0. The van der Waals surface area contributed by atoms with Gasteiger partial charge in [-0.05, 0) is 18.1 Å². The fraction of sp³-hybridized carbons (Fsp3) is 0.389. The van der Waals surface area contributed by atoms with Gasteiger partial charge in [0.2, 0.25) is 0 Å². The molecule has 1 aromatic carbocycles. The van der Waals surface area contributed by atoms with Crippen LogP contribution in [0, 0.1) is 0 Å². The van der Waals surface area contributed by atoms with Gasteiger partial charge >= 0.3 is 12.1 Å². The third-order valence-electron chi connectivity index (χ3n) is 3.88. The highest BCUT2D eigenvalue weighted by atomic mass is 19.4. The number of aromatic hydroxyl groups is 1. The molecular weight excluding hydrogens is 351 g/mol. The number of hydrogen-bond acceptors (Lipinski definition) is 5. The predicted octanol–water partition coefficient (Wildman–Crippen LogP) is 4.20. The first-order chi connectivity index (χ1) is 12.1. The average Bonchev–Trinajstić information content (AvgIpc) is 2.58. The summed E-state index contributed by atoms with van der Waals surface area (Å²) < 4.78 is 50.4. The van der Waals surface area contributed by atoms with Crippen molar-refractivity contribution in [2.75, 3.05) is 13.7 Å². The SMILES string of the molecule is COC(=O)CCN1C=COC(c2c(C(F)(F)F)ccc(O)c2C(C)C)=C1. The van der Waals surface area contributed by atoms with E-state index >= 15 is 0 Å². The minimum absolute atomic E-state index is 0.0516. The predicted molar refractivity (Wildman–Crippen MR) is 88.7 cm³/mol. The molecule has 0 atom stereocenters. The number of halogens is 3. The summed E-state index contributed by atoms with van der Waals surface area (Å²) in [5, 5.41) is 10.1. The Kier molecular flexibility index (Phi) is 5.84. The monoisotopic (exact) mass is 371 g/mol. The standard InChI is InChI=1S/C18H20F3NO4/c1-11(2)16-13(23)5-4-12(18(19,20)21)17(16)14-10-22(8-9-26-14)7-6-15(24)25-3/h4-5,8-11,23H,6-7H2,1-3H3. The van der Waals surface area contributed by atoms with E-state index in [0.717, 1.165) is 12.1 Å². The number of phenolic OH excluding ortho intramolecular Hbond substituents is 1. The van der Waals surface area contributed by atoms with Gasteiger partial charge in [-0.2, -0.15) is 13.2 Å². The van der Waals surface area contributed by atoms with E-state index in [1.165, 1.54) is 30.7 Å². The van der Waals surface area contributed by atoms with Crippen LogP contribution in [0.3, 0.4) is 0 Å². The number of alkyl halides is 3. The first kappa shape index (κ1) is 19.7. The molecule has 26 heavy (non-hydrogen) atoms. The number of rotatable bonds is 5. The van der Waals surface area contributed by atoms with E-state index in [0.29, 0.717) is 0 Å². The minimum Gasteiger partial charge on any atom is -0.508 e. The molecule has 0 saturated carbocycles. The van der Waals surface area contributed by atoms with Crippen LogP contribution in [-0.4, -0.2) is 29.6 Å². The number of ether oxygens (including phenoxy) is 2. The van der Waals surface area contributed by atoms with E-state index in [1.807, 2.05) is 0 Å². The van der Waals surface area contributed by atoms with E-state index in [1.54, 1.807) is 13.8 Å². The van der Waals surface area contributed by atoms with Crippen molar-refractivity contribution >= 4 is 11.7 Å². The molecule has 0 amide bonds. The van der Waals surface area contributed by atoms with Crippen molar-refractivity contribution in [1.82, 2.24) is 4.90 Å². The summed E-state index contributed by atoms with van der Waals surface area (Å²) in [4.78, 5) is 12.8. The smallest absolute Gasteiger partial charge is 0.417 e. The molecule has 1 aliphatic rings. The maximum atomic E-state index is 13.5. The minimum atomic E-state index is -4.62. The summed E-state index contributed by atoms with van der Waals surface area (Å²) in [5.41, 5.74) is -0.956. The Bertz CT molecular complexity index is 739. The van der Waals surface area contributed by atoms with E-state index in [9.17, 15) is 23.1 Å². The van der Waals surface area contributed by atoms with Crippen molar-refractivity contribution in [2.45, 2.75) is 32.4 Å². The van der Waals surface area contributed by atoms with Gasteiger partial charge in [0.15, 0.2) is 5.76 Å². The molecule has 0 aliphatic carbocycles. The van der Waals surface area contributed by atoms with Crippen molar-refractivity contribution in [2.24, 2.45) is 0 Å². The zero-order valence-electron chi connectivity index (χ0n) is 14.6. The molecule has 1 aromatic rings. The number of benzene rings is 1. The summed E-state index contributed by atoms with van der Waals surface area (Å²) in [6.07, 6.45) is -0.444. The maximum absolute atomic E-state index is 13.5. The number of hydrogen-bond donors (Lipinski definition) is 1. The Hall–Kier alpha value is -2.64. The van der Waals surface area contributed by atoms with Gasteiger partial charge < -0.3 is 19.5 Å². The van der Waals surface area contributed by atoms with E-state index in [4.69, 9.17) is 4.74 Å². The molecule has 0 saturated heterocycles. The van der Waals surface area contributed by atoms with Gasteiger partial charge in [-0.1, -0.05) is 13.8 Å². The fourth-order valence-corrected chi connectivity index (χ4v) is 2.69.